The van der Waals surface area contributed by atoms with Gasteiger partial charge in [-0.1, -0.05) is 32.0 Å². The van der Waals surface area contributed by atoms with Gasteiger partial charge in [-0.05, 0) is 12.1 Å². The summed E-state index contributed by atoms with van der Waals surface area (Å²) in [5, 5.41) is 14.1. The summed E-state index contributed by atoms with van der Waals surface area (Å²) in [4.78, 5) is 23.3. The zero-order valence-corrected chi connectivity index (χ0v) is 11.8. The van der Waals surface area contributed by atoms with Crippen LogP contribution < -0.4 is 5.56 Å². The van der Waals surface area contributed by atoms with Crippen molar-refractivity contribution < 1.29 is 9.90 Å². The first-order chi connectivity index (χ1) is 9.99. The second kappa shape index (κ2) is 4.73. The largest absolute Gasteiger partial charge is 0.480 e. The summed E-state index contributed by atoms with van der Waals surface area (Å²) in [6, 6.07) is 9.44. The van der Waals surface area contributed by atoms with E-state index in [9.17, 15) is 9.59 Å². The van der Waals surface area contributed by atoms with E-state index in [1.54, 1.807) is 6.07 Å². The Morgan fingerprint density at radius 2 is 2.00 bits per heavy atom. The standard InChI is InChI=1S/C15H15N3O3/c1-9(2)14-16-17(8-13(19)20)15(21)12-7-10-5-3-4-6-11(10)18(12)14/h3-7,9H,8H2,1-2H3,(H,19,20). The minimum Gasteiger partial charge on any atom is -0.480 e. The number of fused-ring (bicyclic) bond motifs is 3. The molecule has 0 fully saturated rings. The molecular formula is C15H15N3O3. The molecule has 0 amide bonds. The second-order valence-electron chi connectivity index (χ2n) is 5.29. The lowest BCUT2D eigenvalue weighted by molar-refractivity contribution is -0.138. The van der Waals surface area contributed by atoms with Crippen molar-refractivity contribution >= 4 is 22.4 Å². The number of benzene rings is 1. The van der Waals surface area contributed by atoms with Gasteiger partial charge in [0.25, 0.3) is 5.56 Å². The van der Waals surface area contributed by atoms with E-state index in [1.165, 1.54) is 0 Å². The second-order valence-corrected chi connectivity index (χ2v) is 5.29. The molecule has 6 nitrogen and oxygen atoms in total. The Balaban J connectivity index is 2.46. The van der Waals surface area contributed by atoms with Gasteiger partial charge >= 0.3 is 5.97 Å². The fraction of sp³-hybridized carbons (Fsp3) is 0.267. The molecule has 2 aromatic heterocycles. The average molecular weight is 285 g/mol. The highest BCUT2D eigenvalue weighted by molar-refractivity contribution is 5.87. The number of aliphatic carboxylic acids is 1. The fourth-order valence-electron chi connectivity index (χ4n) is 2.51. The summed E-state index contributed by atoms with van der Waals surface area (Å²) in [6.45, 7) is 3.49. The van der Waals surface area contributed by atoms with Crippen LogP contribution in [-0.4, -0.2) is 25.3 Å². The highest BCUT2D eigenvalue weighted by Gasteiger charge is 2.17. The van der Waals surface area contributed by atoms with Crippen LogP contribution in [0.1, 0.15) is 25.6 Å². The maximum Gasteiger partial charge on any atom is 0.325 e. The minimum atomic E-state index is -1.08. The van der Waals surface area contributed by atoms with Crippen LogP contribution in [0.2, 0.25) is 0 Å². The molecule has 0 saturated heterocycles. The van der Waals surface area contributed by atoms with Crippen LogP contribution in [0.4, 0.5) is 0 Å². The van der Waals surface area contributed by atoms with Crippen molar-refractivity contribution in [2.24, 2.45) is 0 Å². The Kier molecular flexibility index (Phi) is 3.01. The predicted molar refractivity (Wildman–Crippen MR) is 78.7 cm³/mol. The highest BCUT2D eigenvalue weighted by Crippen LogP contribution is 2.22. The first kappa shape index (κ1) is 13.4. The highest BCUT2D eigenvalue weighted by atomic mass is 16.4. The molecule has 6 heteroatoms. The number of aromatic nitrogens is 3. The van der Waals surface area contributed by atoms with Crippen molar-refractivity contribution in [3.05, 3.63) is 46.5 Å². The Morgan fingerprint density at radius 3 is 2.67 bits per heavy atom. The third kappa shape index (κ3) is 2.08. The van der Waals surface area contributed by atoms with Crippen molar-refractivity contribution in [1.29, 1.82) is 0 Å². The number of carboxylic acid groups (broad SMARTS) is 1. The SMILES string of the molecule is CC(C)c1nn(CC(=O)O)c(=O)c2cc3ccccc3n12. The van der Waals surface area contributed by atoms with Gasteiger partial charge in [-0.15, -0.1) is 0 Å². The monoisotopic (exact) mass is 285 g/mol. The maximum atomic E-state index is 12.4. The van der Waals surface area contributed by atoms with Crippen molar-refractivity contribution in [2.45, 2.75) is 26.3 Å². The van der Waals surface area contributed by atoms with Gasteiger partial charge in [0.05, 0.1) is 5.52 Å². The van der Waals surface area contributed by atoms with Crippen LogP contribution in [0.5, 0.6) is 0 Å². The van der Waals surface area contributed by atoms with E-state index >= 15 is 0 Å². The molecule has 1 aromatic carbocycles. The average Bonchev–Trinajstić information content (AvgIpc) is 2.81. The van der Waals surface area contributed by atoms with Crippen molar-refractivity contribution in [2.75, 3.05) is 0 Å². The molecule has 3 aromatic rings. The number of rotatable bonds is 3. The molecule has 1 N–H and O–H groups in total. The number of carboxylic acids is 1. The molecule has 0 aliphatic rings. The molecule has 0 spiro atoms. The zero-order valence-electron chi connectivity index (χ0n) is 11.8. The Hall–Kier alpha value is -2.63. The Bertz CT molecular complexity index is 906. The summed E-state index contributed by atoms with van der Waals surface area (Å²) < 4.78 is 2.84. The fourth-order valence-corrected chi connectivity index (χ4v) is 2.51. The molecule has 108 valence electrons. The Morgan fingerprint density at radius 1 is 1.29 bits per heavy atom. The van der Waals surface area contributed by atoms with Crippen LogP contribution in [0.25, 0.3) is 16.4 Å². The molecule has 0 atom stereocenters. The van der Waals surface area contributed by atoms with E-state index in [4.69, 9.17) is 5.11 Å². The van der Waals surface area contributed by atoms with Crippen molar-refractivity contribution in [3.63, 3.8) is 0 Å². The molecule has 2 heterocycles. The summed E-state index contributed by atoms with van der Waals surface area (Å²) >= 11 is 0. The quantitative estimate of drug-likeness (QED) is 0.797. The van der Waals surface area contributed by atoms with Crippen LogP contribution in [0.15, 0.2) is 35.1 Å². The first-order valence-corrected chi connectivity index (χ1v) is 6.72. The first-order valence-electron chi connectivity index (χ1n) is 6.72. The lowest BCUT2D eigenvalue weighted by Gasteiger charge is -2.12. The van der Waals surface area contributed by atoms with Gasteiger partial charge < -0.3 is 5.11 Å². The summed E-state index contributed by atoms with van der Waals surface area (Å²) in [5.74, 6) is -0.351. The molecule has 0 aliphatic heterocycles. The third-order valence-corrected chi connectivity index (χ3v) is 3.42. The molecule has 0 aliphatic carbocycles. The van der Waals surface area contributed by atoms with E-state index in [1.807, 2.05) is 42.5 Å². The van der Waals surface area contributed by atoms with E-state index in [2.05, 4.69) is 5.10 Å². The molecule has 0 bridgehead atoms. The molecule has 0 unspecified atom stereocenters. The number of hydrogen-bond donors (Lipinski definition) is 1. The summed E-state index contributed by atoms with van der Waals surface area (Å²) in [5.41, 5.74) is 0.970. The van der Waals surface area contributed by atoms with Gasteiger partial charge in [-0.3, -0.25) is 14.0 Å². The van der Waals surface area contributed by atoms with E-state index < -0.39 is 18.1 Å². The molecular weight excluding hydrogens is 270 g/mol. The lowest BCUT2D eigenvalue weighted by atomic mass is 10.2. The molecule has 3 rings (SSSR count). The number of nitrogens with zero attached hydrogens (tertiary/aromatic N) is 3. The van der Waals surface area contributed by atoms with Crippen LogP contribution >= 0.6 is 0 Å². The van der Waals surface area contributed by atoms with Gasteiger partial charge in [0.15, 0.2) is 0 Å². The van der Waals surface area contributed by atoms with Gasteiger partial charge in [0.1, 0.15) is 17.9 Å². The topological polar surface area (TPSA) is 76.6 Å². The third-order valence-electron chi connectivity index (χ3n) is 3.42. The molecule has 21 heavy (non-hydrogen) atoms. The smallest absolute Gasteiger partial charge is 0.325 e. The zero-order chi connectivity index (χ0) is 15.1. The minimum absolute atomic E-state index is 0.0592. The summed E-state index contributed by atoms with van der Waals surface area (Å²) in [7, 11) is 0. The molecule has 0 saturated carbocycles. The van der Waals surface area contributed by atoms with Gasteiger partial charge in [0.2, 0.25) is 0 Å². The molecule has 0 radical (unpaired) electrons. The van der Waals surface area contributed by atoms with Crippen molar-refractivity contribution in [3.8, 4) is 0 Å². The van der Waals surface area contributed by atoms with Crippen LogP contribution in [-0.2, 0) is 11.3 Å². The number of para-hydroxylation sites is 1. The van der Waals surface area contributed by atoms with E-state index in [-0.39, 0.29) is 5.92 Å². The van der Waals surface area contributed by atoms with Crippen molar-refractivity contribution in [1.82, 2.24) is 14.2 Å². The lowest BCUT2D eigenvalue weighted by Crippen LogP contribution is -2.30. The summed E-state index contributed by atoms with van der Waals surface area (Å²) in [6.07, 6.45) is 0. The van der Waals surface area contributed by atoms with Crippen LogP contribution in [0.3, 0.4) is 0 Å². The number of carbonyl (C=O) groups is 1. The van der Waals surface area contributed by atoms with Crippen LogP contribution in [0, 0.1) is 0 Å². The van der Waals surface area contributed by atoms with Gasteiger partial charge in [0, 0.05) is 11.3 Å². The normalized spacial score (nSPS) is 11.6. The van der Waals surface area contributed by atoms with E-state index in [0.717, 1.165) is 15.6 Å². The van der Waals surface area contributed by atoms with Gasteiger partial charge in [-0.2, -0.15) is 5.10 Å². The maximum absolute atomic E-state index is 12.4. The predicted octanol–water partition coefficient (Wildman–Crippen LogP) is 1.86. The van der Waals surface area contributed by atoms with Gasteiger partial charge in [-0.25, -0.2) is 4.68 Å². The Labute approximate surface area is 120 Å². The van der Waals surface area contributed by atoms with E-state index in [0.29, 0.717) is 11.3 Å². The number of hydrogen-bond acceptors (Lipinski definition) is 3.